The van der Waals surface area contributed by atoms with Crippen LogP contribution in [0.25, 0.3) is 0 Å². The Morgan fingerprint density at radius 2 is 2.19 bits per heavy atom. The molecule has 0 heterocycles. The summed E-state index contributed by atoms with van der Waals surface area (Å²) < 4.78 is 10.6. The minimum atomic E-state index is 0.382. The molecule has 1 aromatic rings. The summed E-state index contributed by atoms with van der Waals surface area (Å²) in [6, 6.07) is 8.09. The molecule has 0 bridgehead atoms. The molecule has 0 saturated carbocycles. The lowest BCUT2D eigenvalue weighted by Crippen LogP contribution is -2.22. The highest BCUT2D eigenvalue weighted by Gasteiger charge is 2.08. The molecule has 3 heteroatoms. The molecule has 0 fully saturated rings. The van der Waals surface area contributed by atoms with Gasteiger partial charge in [-0.25, -0.2) is 0 Å². The third kappa shape index (κ3) is 4.21. The van der Waals surface area contributed by atoms with E-state index in [9.17, 15) is 0 Å². The Labute approximate surface area is 97.6 Å². The van der Waals surface area contributed by atoms with Crippen molar-refractivity contribution in [1.29, 1.82) is 0 Å². The van der Waals surface area contributed by atoms with Gasteiger partial charge in [0.05, 0.1) is 13.7 Å². The van der Waals surface area contributed by atoms with Crippen LogP contribution in [0.3, 0.4) is 0 Å². The van der Waals surface area contributed by atoms with Gasteiger partial charge in [-0.05, 0) is 43.5 Å². The summed E-state index contributed by atoms with van der Waals surface area (Å²) in [6.07, 6.45) is 0.938. The first-order valence-corrected chi connectivity index (χ1v) is 5.70. The first-order valence-electron chi connectivity index (χ1n) is 5.70. The monoisotopic (exact) mass is 223 g/mol. The zero-order valence-corrected chi connectivity index (χ0v) is 10.1. The molecule has 0 spiro atoms. The van der Waals surface area contributed by atoms with E-state index < -0.39 is 0 Å². The summed E-state index contributed by atoms with van der Waals surface area (Å²) in [6.45, 7) is 4.12. The minimum Gasteiger partial charge on any atom is -0.497 e. The lowest BCUT2D eigenvalue weighted by Gasteiger charge is -2.14. The summed E-state index contributed by atoms with van der Waals surface area (Å²) in [5.41, 5.74) is 6.97. The molecule has 90 valence electrons. The molecule has 1 atom stereocenters. The molecule has 3 nitrogen and oxygen atoms in total. The van der Waals surface area contributed by atoms with E-state index in [1.807, 2.05) is 19.1 Å². The lowest BCUT2D eigenvalue weighted by molar-refractivity contribution is 0.113. The minimum absolute atomic E-state index is 0.382. The molecule has 1 rings (SSSR count). The molecule has 0 aromatic heterocycles. The van der Waals surface area contributed by atoms with Crippen LogP contribution in [0, 0.1) is 5.92 Å². The predicted octanol–water partition coefficient (Wildman–Crippen LogP) is 1.85. The van der Waals surface area contributed by atoms with E-state index >= 15 is 0 Å². The highest BCUT2D eigenvalue weighted by molar-refractivity contribution is 5.28. The fourth-order valence-electron chi connectivity index (χ4n) is 1.63. The number of benzene rings is 1. The Morgan fingerprint density at radius 3 is 2.81 bits per heavy atom. The van der Waals surface area contributed by atoms with Gasteiger partial charge in [0.2, 0.25) is 0 Å². The van der Waals surface area contributed by atoms with Crippen LogP contribution in [0.2, 0.25) is 0 Å². The van der Waals surface area contributed by atoms with Crippen molar-refractivity contribution in [2.24, 2.45) is 11.7 Å². The second-order valence-electron chi connectivity index (χ2n) is 3.82. The second kappa shape index (κ2) is 7.25. The summed E-state index contributed by atoms with van der Waals surface area (Å²) >= 11 is 0. The number of methoxy groups -OCH3 is 1. The lowest BCUT2D eigenvalue weighted by atomic mass is 10.00. The number of hydrogen-bond donors (Lipinski definition) is 1. The highest BCUT2D eigenvalue weighted by Crippen LogP contribution is 2.15. The zero-order valence-electron chi connectivity index (χ0n) is 10.1. The Kier molecular flexibility index (Phi) is 5.90. The second-order valence-corrected chi connectivity index (χ2v) is 3.82. The van der Waals surface area contributed by atoms with E-state index in [1.54, 1.807) is 7.11 Å². The smallest absolute Gasteiger partial charge is 0.119 e. The van der Waals surface area contributed by atoms with E-state index in [4.69, 9.17) is 15.2 Å². The number of rotatable bonds is 7. The molecule has 1 aromatic carbocycles. The van der Waals surface area contributed by atoms with Gasteiger partial charge in [-0.2, -0.15) is 0 Å². The molecule has 0 aliphatic rings. The van der Waals surface area contributed by atoms with Crippen molar-refractivity contribution in [2.45, 2.75) is 13.3 Å². The molecular weight excluding hydrogens is 202 g/mol. The predicted molar refractivity (Wildman–Crippen MR) is 65.7 cm³/mol. The molecule has 16 heavy (non-hydrogen) atoms. The molecule has 0 aliphatic carbocycles. The van der Waals surface area contributed by atoms with E-state index in [2.05, 4.69) is 12.1 Å². The van der Waals surface area contributed by atoms with Gasteiger partial charge in [-0.1, -0.05) is 12.1 Å². The third-order valence-corrected chi connectivity index (χ3v) is 2.55. The maximum absolute atomic E-state index is 5.72. The van der Waals surface area contributed by atoms with Gasteiger partial charge in [0.25, 0.3) is 0 Å². The third-order valence-electron chi connectivity index (χ3n) is 2.55. The van der Waals surface area contributed by atoms with Crippen LogP contribution in [0.1, 0.15) is 12.5 Å². The molecule has 2 N–H and O–H groups in total. The largest absolute Gasteiger partial charge is 0.497 e. The van der Waals surface area contributed by atoms with Gasteiger partial charge in [0.15, 0.2) is 0 Å². The normalized spacial score (nSPS) is 12.4. The Balaban J connectivity index is 2.55. The molecular formula is C13H21NO2. The summed E-state index contributed by atoms with van der Waals surface area (Å²) in [5, 5.41) is 0. The van der Waals surface area contributed by atoms with Crippen LogP contribution in [0.5, 0.6) is 5.75 Å². The van der Waals surface area contributed by atoms with Crippen molar-refractivity contribution in [3.05, 3.63) is 29.8 Å². The van der Waals surface area contributed by atoms with Crippen molar-refractivity contribution in [3.8, 4) is 5.75 Å². The summed E-state index contributed by atoms with van der Waals surface area (Å²) in [4.78, 5) is 0. The maximum Gasteiger partial charge on any atom is 0.119 e. The summed E-state index contributed by atoms with van der Waals surface area (Å²) in [7, 11) is 1.68. The van der Waals surface area contributed by atoms with E-state index in [0.717, 1.165) is 25.4 Å². The first-order chi connectivity index (χ1) is 7.80. The van der Waals surface area contributed by atoms with Crippen LogP contribution < -0.4 is 10.5 Å². The Morgan fingerprint density at radius 1 is 1.38 bits per heavy atom. The van der Waals surface area contributed by atoms with E-state index in [1.165, 1.54) is 5.56 Å². The quantitative estimate of drug-likeness (QED) is 0.767. The fraction of sp³-hybridized carbons (Fsp3) is 0.538. The van der Waals surface area contributed by atoms with Gasteiger partial charge in [0.1, 0.15) is 5.75 Å². The number of hydrogen-bond acceptors (Lipinski definition) is 3. The topological polar surface area (TPSA) is 44.5 Å². The van der Waals surface area contributed by atoms with Gasteiger partial charge in [-0.3, -0.25) is 0 Å². The van der Waals surface area contributed by atoms with Gasteiger partial charge < -0.3 is 15.2 Å². The first kappa shape index (κ1) is 13.0. The fourth-order valence-corrected chi connectivity index (χ4v) is 1.63. The van der Waals surface area contributed by atoms with Crippen LogP contribution in [-0.2, 0) is 11.2 Å². The number of ether oxygens (including phenoxy) is 2. The van der Waals surface area contributed by atoms with Crippen molar-refractivity contribution in [2.75, 3.05) is 26.9 Å². The van der Waals surface area contributed by atoms with E-state index in [-0.39, 0.29) is 0 Å². The van der Waals surface area contributed by atoms with Crippen LogP contribution in [0.15, 0.2) is 24.3 Å². The average Bonchev–Trinajstić information content (AvgIpc) is 2.34. The Bertz CT molecular complexity index is 302. The van der Waals surface area contributed by atoms with Crippen LogP contribution >= 0.6 is 0 Å². The van der Waals surface area contributed by atoms with Gasteiger partial charge >= 0.3 is 0 Å². The van der Waals surface area contributed by atoms with Crippen LogP contribution in [-0.4, -0.2) is 26.9 Å². The highest BCUT2D eigenvalue weighted by atomic mass is 16.5. The Hall–Kier alpha value is -1.06. The molecule has 0 saturated heterocycles. The maximum atomic E-state index is 5.72. The average molecular weight is 223 g/mol. The van der Waals surface area contributed by atoms with Crippen molar-refractivity contribution >= 4 is 0 Å². The standard InChI is InChI=1S/C13H21NO2/c1-3-16-10-12(9-14)7-11-5-4-6-13(8-11)15-2/h4-6,8,12H,3,7,9-10,14H2,1-2H3. The van der Waals surface area contributed by atoms with Crippen molar-refractivity contribution in [1.82, 2.24) is 0 Å². The van der Waals surface area contributed by atoms with E-state index in [0.29, 0.717) is 12.5 Å². The summed E-state index contributed by atoms with van der Waals surface area (Å²) in [5.74, 6) is 1.27. The van der Waals surface area contributed by atoms with Gasteiger partial charge in [-0.15, -0.1) is 0 Å². The van der Waals surface area contributed by atoms with Crippen LogP contribution in [0.4, 0.5) is 0 Å². The molecule has 0 amide bonds. The SMILES string of the molecule is CCOCC(CN)Cc1cccc(OC)c1. The number of nitrogens with two attached hydrogens (primary N) is 1. The molecule has 1 unspecified atom stereocenters. The zero-order chi connectivity index (χ0) is 11.8. The van der Waals surface area contributed by atoms with Crippen molar-refractivity contribution < 1.29 is 9.47 Å². The molecule has 0 radical (unpaired) electrons. The van der Waals surface area contributed by atoms with Crippen molar-refractivity contribution in [3.63, 3.8) is 0 Å². The molecule has 0 aliphatic heterocycles. The van der Waals surface area contributed by atoms with Gasteiger partial charge in [0, 0.05) is 6.61 Å².